The van der Waals surface area contributed by atoms with E-state index in [-0.39, 0.29) is 11.0 Å². The van der Waals surface area contributed by atoms with Crippen molar-refractivity contribution in [3.05, 3.63) is 43.9 Å². The fraction of sp³-hybridized carbons (Fsp3) is 0.100. The van der Waals surface area contributed by atoms with Crippen LogP contribution in [0.5, 0.6) is 0 Å². The lowest BCUT2D eigenvalue weighted by molar-refractivity contribution is 0.0967. The number of Topliss-reactive ketones (excluding diaryl/α,β-unsaturated/α-hetero) is 1. The van der Waals surface area contributed by atoms with E-state index in [1.165, 1.54) is 11.3 Å². The molecule has 0 saturated heterocycles. The molecule has 5 heteroatoms. The maximum absolute atomic E-state index is 11.7. The molecule has 0 amide bonds. The molecule has 2 aromatic heterocycles. The van der Waals surface area contributed by atoms with Crippen LogP contribution in [0, 0.1) is 0 Å². The van der Waals surface area contributed by atoms with Gasteiger partial charge in [0, 0.05) is 11.3 Å². The lowest BCUT2D eigenvalue weighted by Crippen LogP contribution is -1.99. The predicted molar refractivity (Wildman–Crippen MR) is 63.8 cm³/mol. The first-order chi connectivity index (χ1) is 7.15. The van der Waals surface area contributed by atoms with Gasteiger partial charge in [-0.1, -0.05) is 0 Å². The number of carbonyl (C=O) groups is 1. The fourth-order valence-electron chi connectivity index (χ4n) is 1.16. The lowest BCUT2D eigenvalue weighted by Gasteiger charge is -1.93. The van der Waals surface area contributed by atoms with Crippen LogP contribution in [0.1, 0.15) is 15.4 Å². The molecule has 15 heavy (non-hydrogen) atoms. The van der Waals surface area contributed by atoms with E-state index in [2.05, 4.69) is 15.9 Å². The highest BCUT2D eigenvalue weighted by molar-refractivity contribution is 9.11. The standard InChI is InChI=1S/C10H6BrClO2S/c11-9-3-1-6(15-9)5-7(13)8-2-4-10(12)14-8/h1-4H,5H2. The Bertz CT molecular complexity index is 489. The van der Waals surface area contributed by atoms with E-state index in [0.717, 1.165) is 8.66 Å². The molecular weight excluding hydrogens is 300 g/mol. The monoisotopic (exact) mass is 304 g/mol. The Labute approximate surface area is 104 Å². The first-order valence-electron chi connectivity index (χ1n) is 4.18. The summed E-state index contributed by atoms with van der Waals surface area (Å²) in [5, 5.41) is 0.241. The predicted octanol–water partition coefficient (Wildman–Crippen LogP) is 4.18. The van der Waals surface area contributed by atoms with Gasteiger partial charge in [0.2, 0.25) is 5.78 Å². The second-order valence-corrected chi connectivity index (χ2v) is 5.83. The van der Waals surface area contributed by atoms with E-state index in [1.807, 2.05) is 12.1 Å². The molecule has 0 N–H and O–H groups in total. The maximum atomic E-state index is 11.7. The minimum Gasteiger partial charge on any atom is -0.442 e. The molecule has 0 aromatic carbocycles. The average Bonchev–Trinajstić information content (AvgIpc) is 2.75. The number of ketones is 1. The van der Waals surface area contributed by atoms with Gasteiger partial charge >= 0.3 is 0 Å². The zero-order valence-electron chi connectivity index (χ0n) is 7.50. The van der Waals surface area contributed by atoms with Crippen molar-refractivity contribution in [3.63, 3.8) is 0 Å². The van der Waals surface area contributed by atoms with Crippen molar-refractivity contribution in [1.82, 2.24) is 0 Å². The Morgan fingerprint density at radius 2 is 2.20 bits per heavy atom. The van der Waals surface area contributed by atoms with Gasteiger partial charge in [-0.05, 0) is 51.8 Å². The van der Waals surface area contributed by atoms with Crippen LogP contribution in [0.4, 0.5) is 0 Å². The summed E-state index contributed by atoms with van der Waals surface area (Å²) in [7, 11) is 0. The summed E-state index contributed by atoms with van der Waals surface area (Å²) in [4.78, 5) is 12.7. The van der Waals surface area contributed by atoms with Gasteiger partial charge in [-0.15, -0.1) is 11.3 Å². The van der Waals surface area contributed by atoms with Crippen molar-refractivity contribution in [3.8, 4) is 0 Å². The number of rotatable bonds is 3. The van der Waals surface area contributed by atoms with Crippen LogP contribution in [0.25, 0.3) is 0 Å². The van der Waals surface area contributed by atoms with E-state index < -0.39 is 0 Å². The third-order valence-corrected chi connectivity index (χ3v) is 3.64. The van der Waals surface area contributed by atoms with Crippen LogP contribution < -0.4 is 0 Å². The van der Waals surface area contributed by atoms with Crippen molar-refractivity contribution >= 4 is 44.7 Å². The molecule has 0 atom stereocenters. The minimum atomic E-state index is -0.0590. The number of halogens is 2. The Balaban J connectivity index is 2.10. The Hall–Kier alpha value is -0.580. The maximum Gasteiger partial charge on any atom is 0.203 e. The Morgan fingerprint density at radius 3 is 2.73 bits per heavy atom. The fourth-order valence-corrected chi connectivity index (χ4v) is 2.78. The molecule has 2 rings (SSSR count). The highest BCUT2D eigenvalue weighted by atomic mass is 79.9. The van der Waals surface area contributed by atoms with Gasteiger partial charge in [0.25, 0.3) is 0 Å². The van der Waals surface area contributed by atoms with Crippen LogP contribution in [-0.2, 0) is 6.42 Å². The SMILES string of the molecule is O=C(Cc1ccc(Br)s1)c1ccc(Cl)o1. The lowest BCUT2D eigenvalue weighted by atomic mass is 10.2. The molecular formula is C10H6BrClO2S. The van der Waals surface area contributed by atoms with Crippen LogP contribution in [0.15, 0.2) is 32.5 Å². The van der Waals surface area contributed by atoms with Crippen LogP contribution in [0.2, 0.25) is 5.22 Å². The molecule has 78 valence electrons. The topological polar surface area (TPSA) is 30.2 Å². The number of carbonyl (C=O) groups excluding carboxylic acids is 1. The third kappa shape index (κ3) is 2.71. The molecule has 0 radical (unpaired) electrons. The molecule has 0 aliphatic carbocycles. The highest BCUT2D eigenvalue weighted by Crippen LogP contribution is 2.24. The summed E-state index contributed by atoms with van der Waals surface area (Å²) < 4.78 is 6.05. The first-order valence-corrected chi connectivity index (χ1v) is 6.16. The summed E-state index contributed by atoms with van der Waals surface area (Å²) in [6.07, 6.45) is 0.347. The molecule has 0 fully saturated rings. The van der Waals surface area contributed by atoms with E-state index in [1.54, 1.807) is 12.1 Å². The van der Waals surface area contributed by atoms with Gasteiger partial charge in [-0.3, -0.25) is 4.79 Å². The number of hydrogen-bond donors (Lipinski definition) is 0. The smallest absolute Gasteiger partial charge is 0.203 e. The van der Waals surface area contributed by atoms with Gasteiger partial charge in [0.05, 0.1) is 3.79 Å². The van der Waals surface area contributed by atoms with Crippen LogP contribution in [0.3, 0.4) is 0 Å². The van der Waals surface area contributed by atoms with Gasteiger partial charge in [-0.25, -0.2) is 0 Å². The van der Waals surface area contributed by atoms with Gasteiger partial charge in [0.15, 0.2) is 11.0 Å². The minimum absolute atomic E-state index is 0.0590. The number of thiophene rings is 1. The molecule has 0 spiro atoms. The molecule has 2 nitrogen and oxygen atoms in total. The molecule has 0 unspecified atom stereocenters. The molecule has 2 aromatic rings. The van der Waals surface area contributed by atoms with Crippen molar-refractivity contribution < 1.29 is 9.21 Å². The van der Waals surface area contributed by atoms with E-state index >= 15 is 0 Å². The van der Waals surface area contributed by atoms with E-state index in [0.29, 0.717) is 12.2 Å². The normalized spacial score (nSPS) is 10.5. The van der Waals surface area contributed by atoms with Crippen molar-refractivity contribution in [2.24, 2.45) is 0 Å². The average molecular weight is 306 g/mol. The second-order valence-electron chi connectivity index (χ2n) is 2.91. The summed E-state index contributed by atoms with van der Waals surface area (Å²) in [5.74, 6) is 0.251. The van der Waals surface area contributed by atoms with Crippen LogP contribution in [-0.4, -0.2) is 5.78 Å². The summed E-state index contributed by atoms with van der Waals surface area (Å²) in [5.41, 5.74) is 0. The van der Waals surface area contributed by atoms with Gasteiger partial charge < -0.3 is 4.42 Å². The molecule has 0 saturated carbocycles. The van der Waals surface area contributed by atoms with Crippen molar-refractivity contribution in [1.29, 1.82) is 0 Å². The Morgan fingerprint density at radius 1 is 1.40 bits per heavy atom. The number of hydrogen-bond acceptors (Lipinski definition) is 3. The van der Waals surface area contributed by atoms with Crippen molar-refractivity contribution in [2.45, 2.75) is 6.42 Å². The molecule has 0 bridgehead atoms. The largest absolute Gasteiger partial charge is 0.442 e. The van der Waals surface area contributed by atoms with Crippen LogP contribution >= 0.6 is 38.9 Å². The molecule has 0 aliphatic heterocycles. The van der Waals surface area contributed by atoms with Gasteiger partial charge in [0.1, 0.15) is 0 Å². The zero-order valence-corrected chi connectivity index (χ0v) is 10.7. The van der Waals surface area contributed by atoms with E-state index in [4.69, 9.17) is 16.0 Å². The molecule has 2 heterocycles. The number of furan rings is 1. The Kier molecular flexibility index (Phi) is 3.29. The van der Waals surface area contributed by atoms with Gasteiger partial charge in [-0.2, -0.15) is 0 Å². The third-order valence-electron chi connectivity index (χ3n) is 1.81. The molecule has 0 aliphatic rings. The summed E-state index contributed by atoms with van der Waals surface area (Å²) >= 11 is 10.5. The van der Waals surface area contributed by atoms with Crippen molar-refractivity contribution in [2.75, 3.05) is 0 Å². The first kappa shape index (κ1) is 10.9. The summed E-state index contributed by atoms with van der Waals surface area (Å²) in [6, 6.07) is 6.99. The summed E-state index contributed by atoms with van der Waals surface area (Å²) in [6.45, 7) is 0. The highest BCUT2D eigenvalue weighted by Gasteiger charge is 2.12. The second kappa shape index (κ2) is 4.51. The quantitative estimate of drug-likeness (QED) is 0.796. The van der Waals surface area contributed by atoms with E-state index in [9.17, 15) is 4.79 Å². The zero-order chi connectivity index (χ0) is 10.8.